The number of nitrogens with zero attached hydrogens (tertiary/aromatic N) is 1. The van der Waals surface area contributed by atoms with Crippen LogP contribution >= 0.6 is 0 Å². The minimum atomic E-state index is 0.474. The van der Waals surface area contributed by atoms with Crippen molar-refractivity contribution in [2.45, 2.75) is 12.8 Å². The molecule has 0 amide bonds. The molecule has 1 aromatic heterocycles. The Morgan fingerprint density at radius 2 is 1.62 bits per heavy atom. The van der Waals surface area contributed by atoms with Gasteiger partial charge in [0.05, 0.1) is 0 Å². The molecule has 0 saturated carbocycles. The van der Waals surface area contributed by atoms with Crippen molar-refractivity contribution in [1.29, 1.82) is 0 Å². The van der Waals surface area contributed by atoms with Crippen molar-refractivity contribution in [2.75, 3.05) is 0 Å². The van der Waals surface area contributed by atoms with Gasteiger partial charge in [-0.05, 0) is 17.9 Å². The predicted molar refractivity (Wildman–Crippen MR) is 83.6 cm³/mol. The Labute approximate surface area is 124 Å². The normalized spacial score (nSPS) is 9.90. The van der Waals surface area contributed by atoms with Crippen LogP contribution in [0.3, 0.4) is 0 Å². The van der Waals surface area contributed by atoms with Gasteiger partial charge in [0.15, 0.2) is 0 Å². The zero-order valence-corrected chi connectivity index (χ0v) is 11.6. The van der Waals surface area contributed by atoms with Crippen molar-refractivity contribution >= 4 is 0 Å². The molecule has 3 aromatic rings. The Morgan fingerprint density at radius 3 is 2.38 bits per heavy atom. The van der Waals surface area contributed by atoms with Crippen molar-refractivity contribution in [3.63, 3.8) is 0 Å². The lowest BCUT2D eigenvalue weighted by atomic mass is 10.1. The predicted octanol–water partition coefficient (Wildman–Crippen LogP) is 4.33. The summed E-state index contributed by atoms with van der Waals surface area (Å²) in [4.78, 5) is 4.38. The van der Waals surface area contributed by atoms with Crippen LogP contribution in [0, 0.1) is 11.8 Å². The average molecular weight is 273 g/mol. The summed E-state index contributed by atoms with van der Waals surface area (Å²) >= 11 is 0. The lowest BCUT2D eigenvalue weighted by molar-refractivity contribution is 0.543. The SMILES string of the molecule is C(#Cc1nc(-c2ccccc2)co1)CCc1ccccc1. The number of aryl methyl sites for hydroxylation is 1. The van der Waals surface area contributed by atoms with E-state index in [2.05, 4.69) is 29.0 Å². The maximum atomic E-state index is 5.39. The van der Waals surface area contributed by atoms with Crippen LogP contribution in [0.5, 0.6) is 0 Å². The highest BCUT2D eigenvalue weighted by atomic mass is 16.3. The standard InChI is InChI=1S/C19H15NO/c1-3-9-16(10-4-1)11-7-8-14-19-20-18(15-21-19)17-12-5-2-6-13-17/h1-6,9-10,12-13,15H,7,11H2. The van der Waals surface area contributed by atoms with Crippen LogP contribution in [-0.2, 0) is 6.42 Å². The Hall–Kier alpha value is -2.79. The number of aromatic nitrogens is 1. The molecule has 0 atom stereocenters. The third kappa shape index (κ3) is 3.61. The first-order valence-electron chi connectivity index (χ1n) is 6.95. The van der Waals surface area contributed by atoms with Gasteiger partial charge < -0.3 is 4.42 Å². The van der Waals surface area contributed by atoms with Crippen LogP contribution in [0.25, 0.3) is 11.3 Å². The highest BCUT2D eigenvalue weighted by molar-refractivity contribution is 5.57. The molecule has 3 rings (SSSR count). The Balaban J connectivity index is 1.62. The fraction of sp³-hybridized carbons (Fsp3) is 0.105. The van der Waals surface area contributed by atoms with E-state index in [1.54, 1.807) is 6.26 Å². The van der Waals surface area contributed by atoms with Crippen LogP contribution in [0.2, 0.25) is 0 Å². The highest BCUT2D eigenvalue weighted by Gasteiger charge is 2.02. The molecule has 0 N–H and O–H groups in total. The molecule has 0 fully saturated rings. The van der Waals surface area contributed by atoms with Gasteiger partial charge in [-0.15, -0.1) is 0 Å². The van der Waals surface area contributed by atoms with E-state index in [0.717, 1.165) is 24.1 Å². The molecule has 0 saturated heterocycles. The summed E-state index contributed by atoms with van der Waals surface area (Å²) in [6.07, 6.45) is 3.39. The first kappa shape index (κ1) is 13.2. The number of oxazole rings is 1. The van der Waals surface area contributed by atoms with Crippen LogP contribution in [0.1, 0.15) is 17.9 Å². The van der Waals surface area contributed by atoms with Gasteiger partial charge in [0.1, 0.15) is 12.0 Å². The van der Waals surface area contributed by atoms with Crippen LogP contribution in [0.4, 0.5) is 0 Å². The number of rotatable bonds is 3. The van der Waals surface area contributed by atoms with Crippen molar-refractivity contribution in [3.05, 3.63) is 78.4 Å². The average Bonchev–Trinajstić information content (AvgIpc) is 3.02. The zero-order chi connectivity index (χ0) is 14.3. The summed E-state index contributed by atoms with van der Waals surface area (Å²) in [5, 5.41) is 0. The molecule has 0 aliphatic rings. The van der Waals surface area contributed by atoms with E-state index >= 15 is 0 Å². The maximum Gasteiger partial charge on any atom is 0.273 e. The number of hydrogen-bond acceptors (Lipinski definition) is 2. The smallest absolute Gasteiger partial charge is 0.273 e. The van der Waals surface area contributed by atoms with Crippen molar-refractivity contribution in [2.24, 2.45) is 0 Å². The van der Waals surface area contributed by atoms with E-state index < -0.39 is 0 Å². The van der Waals surface area contributed by atoms with Crippen molar-refractivity contribution in [3.8, 4) is 23.1 Å². The molecule has 1 heterocycles. The molecule has 2 heteroatoms. The first-order chi connectivity index (χ1) is 10.4. The molecule has 0 unspecified atom stereocenters. The molecule has 0 aliphatic heterocycles. The number of hydrogen-bond donors (Lipinski definition) is 0. The van der Waals surface area contributed by atoms with Gasteiger partial charge in [0.25, 0.3) is 5.89 Å². The van der Waals surface area contributed by atoms with Gasteiger partial charge in [-0.25, -0.2) is 4.98 Å². The van der Waals surface area contributed by atoms with Crippen LogP contribution in [0.15, 0.2) is 71.3 Å². The second kappa shape index (κ2) is 6.58. The zero-order valence-electron chi connectivity index (χ0n) is 11.6. The molecule has 21 heavy (non-hydrogen) atoms. The minimum Gasteiger partial charge on any atom is -0.438 e. The first-order valence-corrected chi connectivity index (χ1v) is 6.95. The fourth-order valence-corrected chi connectivity index (χ4v) is 2.06. The topological polar surface area (TPSA) is 26.0 Å². The second-order valence-corrected chi connectivity index (χ2v) is 4.69. The van der Waals surface area contributed by atoms with Crippen molar-refractivity contribution in [1.82, 2.24) is 4.98 Å². The summed E-state index contributed by atoms with van der Waals surface area (Å²) < 4.78 is 5.39. The maximum absolute atomic E-state index is 5.39. The molecule has 102 valence electrons. The molecule has 0 spiro atoms. The van der Waals surface area contributed by atoms with Gasteiger partial charge in [-0.2, -0.15) is 0 Å². The monoisotopic (exact) mass is 273 g/mol. The van der Waals surface area contributed by atoms with Gasteiger partial charge in [0, 0.05) is 12.0 Å². The summed E-state index contributed by atoms with van der Waals surface area (Å²) in [6, 6.07) is 20.3. The van der Waals surface area contributed by atoms with E-state index in [4.69, 9.17) is 4.42 Å². The third-order valence-electron chi connectivity index (χ3n) is 3.15. The van der Waals surface area contributed by atoms with E-state index in [9.17, 15) is 0 Å². The molecule has 2 aromatic carbocycles. The number of benzene rings is 2. The molecule has 0 aliphatic carbocycles. The van der Waals surface area contributed by atoms with E-state index in [1.807, 2.05) is 48.5 Å². The van der Waals surface area contributed by atoms with Gasteiger partial charge in [-0.3, -0.25) is 0 Å². The summed E-state index contributed by atoms with van der Waals surface area (Å²) in [7, 11) is 0. The summed E-state index contributed by atoms with van der Waals surface area (Å²) in [6.45, 7) is 0. The fourth-order valence-electron chi connectivity index (χ4n) is 2.06. The van der Waals surface area contributed by atoms with Crippen molar-refractivity contribution < 1.29 is 4.42 Å². The van der Waals surface area contributed by atoms with E-state index in [1.165, 1.54) is 5.56 Å². The Morgan fingerprint density at radius 1 is 0.905 bits per heavy atom. The quantitative estimate of drug-likeness (QED) is 0.664. The molecular formula is C19H15NO. The molecular weight excluding hydrogens is 258 g/mol. The Kier molecular flexibility index (Phi) is 4.14. The molecule has 2 nitrogen and oxygen atoms in total. The van der Waals surface area contributed by atoms with Crippen LogP contribution < -0.4 is 0 Å². The van der Waals surface area contributed by atoms with Gasteiger partial charge >= 0.3 is 0 Å². The van der Waals surface area contributed by atoms with Gasteiger partial charge in [0.2, 0.25) is 0 Å². The summed E-state index contributed by atoms with van der Waals surface area (Å²) in [5.74, 6) is 6.56. The highest BCUT2D eigenvalue weighted by Crippen LogP contribution is 2.17. The molecule has 0 bridgehead atoms. The van der Waals surface area contributed by atoms with Gasteiger partial charge in [-0.1, -0.05) is 66.6 Å². The van der Waals surface area contributed by atoms with E-state index in [-0.39, 0.29) is 0 Å². The van der Waals surface area contributed by atoms with Crippen LogP contribution in [-0.4, -0.2) is 4.98 Å². The lowest BCUT2D eigenvalue weighted by Crippen LogP contribution is -1.82. The third-order valence-corrected chi connectivity index (χ3v) is 3.15. The second-order valence-electron chi connectivity index (χ2n) is 4.69. The summed E-state index contributed by atoms with van der Waals surface area (Å²) in [5.41, 5.74) is 3.16. The lowest BCUT2D eigenvalue weighted by Gasteiger charge is -1.94. The minimum absolute atomic E-state index is 0.474. The largest absolute Gasteiger partial charge is 0.438 e. The Bertz CT molecular complexity index is 748. The van der Waals surface area contributed by atoms with E-state index in [0.29, 0.717) is 5.89 Å². The molecule has 0 radical (unpaired) electrons.